The second-order valence-corrected chi connectivity index (χ2v) is 8.28. The van der Waals surface area contributed by atoms with Crippen LogP contribution >= 0.6 is 0 Å². The van der Waals surface area contributed by atoms with Crippen molar-refractivity contribution >= 4 is 0 Å². The molecule has 2 bridgehead atoms. The first kappa shape index (κ1) is 16.7. The Balaban J connectivity index is 1.53. The minimum atomic E-state index is -0.700. The van der Waals surface area contributed by atoms with Gasteiger partial charge >= 0.3 is 0 Å². The van der Waals surface area contributed by atoms with Gasteiger partial charge < -0.3 is 14.2 Å². The van der Waals surface area contributed by atoms with Crippen LogP contribution in [0.1, 0.15) is 72.1 Å². The highest BCUT2D eigenvalue weighted by Crippen LogP contribution is 2.49. The largest absolute Gasteiger partial charge is 0.326 e. The molecule has 1 saturated carbocycles. The van der Waals surface area contributed by atoms with E-state index in [0.717, 1.165) is 31.7 Å². The number of ether oxygens (including phenoxy) is 3. The fraction of sp³-hybridized carbons (Fsp3) is 1.00. The number of hydrogen-bond acceptors (Lipinski definition) is 3. The van der Waals surface area contributed by atoms with Gasteiger partial charge in [-0.15, -0.1) is 0 Å². The van der Waals surface area contributed by atoms with Crippen molar-refractivity contribution in [2.45, 2.75) is 78.1 Å². The van der Waals surface area contributed by atoms with Crippen LogP contribution in [0.2, 0.25) is 0 Å². The lowest BCUT2D eigenvalue weighted by Gasteiger charge is -2.55. The third kappa shape index (κ3) is 3.22. The molecule has 0 atom stereocenters. The predicted molar refractivity (Wildman–Crippen MR) is 87.4 cm³/mol. The van der Waals surface area contributed by atoms with Crippen molar-refractivity contribution in [2.75, 3.05) is 19.8 Å². The van der Waals surface area contributed by atoms with Crippen molar-refractivity contribution < 1.29 is 14.2 Å². The first-order valence-corrected chi connectivity index (χ1v) is 9.51. The van der Waals surface area contributed by atoms with Crippen LogP contribution < -0.4 is 0 Å². The maximum atomic E-state index is 6.19. The molecule has 3 nitrogen and oxygen atoms in total. The Kier molecular flexibility index (Phi) is 5.16. The molecule has 0 amide bonds. The molecule has 128 valence electrons. The van der Waals surface area contributed by atoms with Crippen molar-refractivity contribution in [1.82, 2.24) is 0 Å². The van der Waals surface area contributed by atoms with Crippen LogP contribution in [0.15, 0.2) is 0 Å². The molecule has 1 aliphatic carbocycles. The van der Waals surface area contributed by atoms with Gasteiger partial charge in [-0.1, -0.05) is 40.0 Å². The predicted octanol–water partition coefficient (Wildman–Crippen LogP) is 4.75. The lowest BCUT2D eigenvalue weighted by atomic mass is 9.75. The quantitative estimate of drug-likeness (QED) is 0.663. The van der Waals surface area contributed by atoms with Gasteiger partial charge in [0.1, 0.15) is 0 Å². The second kappa shape index (κ2) is 6.78. The zero-order chi connectivity index (χ0) is 15.6. The summed E-state index contributed by atoms with van der Waals surface area (Å²) in [5, 5.41) is 0. The van der Waals surface area contributed by atoms with Crippen LogP contribution in [-0.4, -0.2) is 25.8 Å². The molecule has 3 heteroatoms. The van der Waals surface area contributed by atoms with E-state index in [-0.39, 0.29) is 5.41 Å². The third-order valence-corrected chi connectivity index (χ3v) is 6.26. The van der Waals surface area contributed by atoms with Crippen LogP contribution in [0.3, 0.4) is 0 Å². The van der Waals surface area contributed by atoms with Crippen LogP contribution in [0.5, 0.6) is 0 Å². The summed E-state index contributed by atoms with van der Waals surface area (Å²) in [5.41, 5.74) is 0.131. The molecule has 3 aliphatic heterocycles. The van der Waals surface area contributed by atoms with E-state index in [1.54, 1.807) is 0 Å². The van der Waals surface area contributed by atoms with E-state index in [1.807, 2.05) is 0 Å². The normalized spacial score (nSPS) is 42.0. The lowest BCUT2D eigenvalue weighted by Crippen LogP contribution is -2.63. The molecule has 3 saturated heterocycles. The molecular weight excluding hydrogens is 276 g/mol. The molecule has 4 fully saturated rings. The van der Waals surface area contributed by atoms with Crippen molar-refractivity contribution in [3.8, 4) is 0 Å². The van der Waals surface area contributed by atoms with E-state index in [1.165, 1.54) is 51.4 Å². The standard InChI is InChI=1S/C19H34O3/c1-4-5-6-11-18-12-20-19(21-13-18,22-14-18)17-9-7-16(8-10-17)15(2)3/h15-17H,4-14H2,1-3H3. The summed E-state index contributed by atoms with van der Waals surface area (Å²) in [7, 11) is 0. The first-order valence-electron chi connectivity index (χ1n) is 9.51. The van der Waals surface area contributed by atoms with Crippen LogP contribution in [0.4, 0.5) is 0 Å². The molecule has 0 spiro atoms. The van der Waals surface area contributed by atoms with Gasteiger partial charge in [0.05, 0.1) is 19.8 Å². The number of fused-ring (bicyclic) bond motifs is 3. The Morgan fingerprint density at radius 1 is 0.909 bits per heavy atom. The van der Waals surface area contributed by atoms with E-state index in [4.69, 9.17) is 14.2 Å². The first-order chi connectivity index (χ1) is 10.6. The highest BCUT2D eigenvalue weighted by atomic mass is 16.9. The molecule has 0 unspecified atom stereocenters. The van der Waals surface area contributed by atoms with Crippen molar-refractivity contribution in [3.63, 3.8) is 0 Å². The fourth-order valence-corrected chi connectivity index (χ4v) is 4.47. The van der Waals surface area contributed by atoms with Gasteiger partial charge in [-0.2, -0.15) is 0 Å². The summed E-state index contributed by atoms with van der Waals surface area (Å²) in [6.07, 6.45) is 9.96. The summed E-state index contributed by atoms with van der Waals surface area (Å²) in [6, 6.07) is 0. The molecule has 4 aliphatic rings. The average Bonchev–Trinajstić information content (AvgIpc) is 2.57. The molecule has 4 rings (SSSR count). The maximum absolute atomic E-state index is 6.19. The van der Waals surface area contributed by atoms with Gasteiger partial charge in [-0.25, -0.2) is 0 Å². The van der Waals surface area contributed by atoms with Gasteiger partial charge in [0, 0.05) is 11.3 Å². The zero-order valence-corrected chi connectivity index (χ0v) is 14.7. The fourth-order valence-electron chi connectivity index (χ4n) is 4.47. The van der Waals surface area contributed by atoms with E-state index in [0.29, 0.717) is 5.92 Å². The van der Waals surface area contributed by atoms with Gasteiger partial charge in [0.15, 0.2) is 0 Å². The molecule has 0 N–H and O–H groups in total. The lowest BCUT2D eigenvalue weighted by molar-refractivity contribution is -0.488. The van der Waals surface area contributed by atoms with Gasteiger partial charge in [-0.3, -0.25) is 0 Å². The van der Waals surface area contributed by atoms with Crippen molar-refractivity contribution in [1.29, 1.82) is 0 Å². The summed E-state index contributed by atoms with van der Waals surface area (Å²) in [6.45, 7) is 9.45. The Labute approximate surface area is 136 Å². The molecular formula is C19H34O3. The molecule has 3 heterocycles. The van der Waals surface area contributed by atoms with Crippen molar-refractivity contribution in [3.05, 3.63) is 0 Å². The van der Waals surface area contributed by atoms with Gasteiger partial charge in [0.2, 0.25) is 0 Å². The number of rotatable bonds is 6. The SMILES string of the molecule is CCCCCC12COC(C3CCC(C(C)C)CC3)(OC1)OC2. The zero-order valence-electron chi connectivity index (χ0n) is 14.7. The Bertz CT molecular complexity index is 333. The highest BCUT2D eigenvalue weighted by Gasteiger charge is 2.56. The second-order valence-electron chi connectivity index (χ2n) is 8.28. The molecule has 22 heavy (non-hydrogen) atoms. The van der Waals surface area contributed by atoms with Crippen LogP contribution in [0, 0.1) is 23.2 Å². The molecule has 0 aromatic carbocycles. The molecule has 0 aromatic heterocycles. The molecule has 0 aromatic rings. The van der Waals surface area contributed by atoms with E-state index in [2.05, 4.69) is 20.8 Å². The maximum Gasteiger partial charge on any atom is 0.285 e. The summed E-state index contributed by atoms with van der Waals surface area (Å²) in [5.74, 6) is 1.39. The smallest absolute Gasteiger partial charge is 0.285 e. The third-order valence-electron chi connectivity index (χ3n) is 6.26. The van der Waals surface area contributed by atoms with E-state index >= 15 is 0 Å². The summed E-state index contributed by atoms with van der Waals surface area (Å²) < 4.78 is 18.6. The number of hydrogen-bond donors (Lipinski definition) is 0. The average molecular weight is 310 g/mol. The van der Waals surface area contributed by atoms with Crippen molar-refractivity contribution in [2.24, 2.45) is 23.2 Å². The topological polar surface area (TPSA) is 27.7 Å². The van der Waals surface area contributed by atoms with E-state index in [9.17, 15) is 0 Å². The minimum Gasteiger partial charge on any atom is -0.326 e. The Hall–Kier alpha value is -0.120. The van der Waals surface area contributed by atoms with E-state index < -0.39 is 5.97 Å². The Morgan fingerprint density at radius 3 is 2.00 bits per heavy atom. The Morgan fingerprint density at radius 2 is 1.50 bits per heavy atom. The van der Waals surface area contributed by atoms with Crippen LogP contribution in [-0.2, 0) is 14.2 Å². The van der Waals surface area contributed by atoms with Gasteiger partial charge in [0.25, 0.3) is 5.97 Å². The highest BCUT2D eigenvalue weighted by molar-refractivity contribution is 4.92. The summed E-state index contributed by atoms with van der Waals surface area (Å²) in [4.78, 5) is 0. The van der Waals surface area contributed by atoms with Gasteiger partial charge in [-0.05, 0) is 43.9 Å². The summed E-state index contributed by atoms with van der Waals surface area (Å²) >= 11 is 0. The molecule has 0 radical (unpaired) electrons. The minimum absolute atomic E-state index is 0.131. The van der Waals surface area contributed by atoms with Crippen LogP contribution in [0.25, 0.3) is 0 Å². The number of unbranched alkanes of at least 4 members (excludes halogenated alkanes) is 2. The monoisotopic (exact) mass is 310 g/mol.